The Labute approximate surface area is 185 Å². The molecular formula is C23H23ClN2O3S. The van der Waals surface area contributed by atoms with Crippen LogP contribution >= 0.6 is 22.9 Å². The Hall–Kier alpha value is -2.57. The summed E-state index contributed by atoms with van der Waals surface area (Å²) in [4.78, 5) is 20.5. The average Bonchev–Trinajstić information content (AvgIpc) is 3.53. The van der Waals surface area contributed by atoms with Gasteiger partial charge in [-0.1, -0.05) is 23.7 Å². The number of amides is 1. The number of carbonyl (C=O) groups excluding carboxylic acids is 1. The zero-order valence-electron chi connectivity index (χ0n) is 16.9. The van der Waals surface area contributed by atoms with E-state index in [0.29, 0.717) is 29.1 Å². The molecule has 0 atom stereocenters. The maximum atomic E-state index is 13.3. The van der Waals surface area contributed by atoms with E-state index in [-0.39, 0.29) is 5.91 Å². The van der Waals surface area contributed by atoms with Gasteiger partial charge >= 0.3 is 0 Å². The first-order chi connectivity index (χ1) is 14.5. The van der Waals surface area contributed by atoms with Crippen LogP contribution in [0.4, 0.5) is 0 Å². The third-order valence-corrected chi connectivity index (χ3v) is 6.34. The van der Waals surface area contributed by atoms with Crippen molar-refractivity contribution in [3.63, 3.8) is 0 Å². The maximum Gasteiger partial charge on any atom is 0.266 e. The minimum atomic E-state index is 0.0426. The highest BCUT2D eigenvalue weighted by Crippen LogP contribution is 2.32. The Balaban J connectivity index is 1.45. The van der Waals surface area contributed by atoms with Gasteiger partial charge in [-0.15, -0.1) is 11.3 Å². The largest absolute Gasteiger partial charge is 0.497 e. The fourth-order valence-corrected chi connectivity index (χ4v) is 4.26. The van der Waals surface area contributed by atoms with E-state index in [4.69, 9.17) is 21.1 Å². The molecule has 2 aromatic carbocycles. The molecule has 0 bridgehead atoms. The summed E-state index contributed by atoms with van der Waals surface area (Å²) >= 11 is 7.31. The Morgan fingerprint density at radius 1 is 1.13 bits per heavy atom. The van der Waals surface area contributed by atoms with Gasteiger partial charge in [0.2, 0.25) is 0 Å². The number of aromatic nitrogens is 1. The molecule has 4 rings (SSSR count). The lowest BCUT2D eigenvalue weighted by atomic mass is 10.2. The number of hydrogen-bond donors (Lipinski definition) is 0. The lowest BCUT2D eigenvalue weighted by molar-refractivity contribution is 0.0734. The highest BCUT2D eigenvalue weighted by atomic mass is 35.5. The molecule has 156 valence electrons. The Morgan fingerprint density at radius 3 is 2.43 bits per heavy atom. The highest BCUT2D eigenvalue weighted by Gasteiger charge is 2.34. The normalized spacial score (nSPS) is 13.2. The van der Waals surface area contributed by atoms with Crippen molar-refractivity contribution in [2.24, 2.45) is 0 Å². The molecule has 7 heteroatoms. The predicted molar refractivity (Wildman–Crippen MR) is 119 cm³/mol. The van der Waals surface area contributed by atoms with E-state index in [1.165, 1.54) is 11.3 Å². The van der Waals surface area contributed by atoms with Crippen LogP contribution in [0.3, 0.4) is 0 Å². The van der Waals surface area contributed by atoms with Gasteiger partial charge in [-0.05, 0) is 61.7 Å². The van der Waals surface area contributed by atoms with Gasteiger partial charge in [-0.25, -0.2) is 4.98 Å². The maximum absolute atomic E-state index is 13.3. The van der Waals surface area contributed by atoms with Gasteiger partial charge in [-0.2, -0.15) is 0 Å². The summed E-state index contributed by atoms with van der Waals surface area (Å²) < 4.78 is 11.0. The molecule has 1 aliphatic carbocycles. The van der Waals surface area contributed by atoms with Crippen LogP contribution in [0.1, 0.15) is 38.8 Å². The monoisotopic (exact) mass is 442 g/mol. The lowest BCUT2D eigenvalue weighted by Gasteiger charge is -2.22. The Morgan fingerprint density at radius 2 is 1.80 bits per heavy atom. The molecule has 0 spiro atoms. The summed E-state index contributed by atoms with van der Waals surface area (Å²) in [6.45, 7) is 2.79. The number of thiazole rings is 1. The van der Waals surface area contributed by atoms with Crippen molar-refractivity contribution in [2.45, 2.75) is 39.0 Å². The first-order valence-corrected chi connectivity index (χ1v) is 11.0. The molecule has 30 heavy (non-hydrogen) atoms. The van der Waals surface area contributed by atoms with Gasteiger partial charge in [0.05, 0.1) is 12.8 Å². The minimum Gasteiger partial charge on any atom is -0.497 e. The fraction of sp³-hybridized carbons (Fsp3) is 0.304. The van der Waals surface area contributed by atoms with E-state index in [9.17, 15) is 4.79 Å². The van der Waals surface area contributed by atoms with E-state index < -0.39 is 0 Å². The molecule has 3 aromatic rings. The van der Waals surface area contributed by atoms with Crippen LogP contribution in [0.2, 0.25) is 5.02 Å². The average molecular weight is 443 g/mol. The van der Waals surface area contributed by atoms with Gasteiger partial charge < -0.3 is 14.4 Å². The summed E-state index contributed by atoms with van der Waals surface area (Å²) in [5.74, 6) is 1.58. The first kappa shape index (κ1) is 20.7. The SMILES string of the molecule is COc1ccc(CN(C(=O)c2sc(COc3ccc(Cl)cc3)nc2C)C2CC2)cc1. The zero-order valence-corrected chi connectivity index (χ0v) is 18.5. The molecule has 1 amide bonds. The van der Waals surface area contributed by atoms with E-state index in [0.717, 1.165) is 40.6 Å². The molecule has 0 saturated heterocycles. The molecule has 1 saturated carbocycles. The zero-order chi connectivity index (χ0) is 21.1. The summed E-state index contributed by atoms with van der Waals surface area (Å²) in [6, 6.07) is 15.4. The fourth-order valence-electron chi connectivity index (χ4n) is 3.20. The molecule has 0 radical (unpaired) electrons. The van der Waals surface area contributed by atoms with E-state index in [2.05, 4.69) is 4.98 Å². The minimum absolute atomic E-state index is 0.0426. The van der Waals surface area contributed by atoms with Crippen molar-refractivity contribution in [3.8, 4) is 11.5 Å². The number of ether oxygens (including phenoxy) is 2. The standard InChI is InChI=1S/C23H23ClN2O3S/c1-15-22(30-21(25-15)14-29-20-11-5-17(24)6-12-20)23(27)26(18-7-8-18)13-16-3-9-19(28-2)10-4-16/h3-6,9-12,18H,7-8,13-14H2,1-2H3. The van der Waals surface area contributed by atoms with Gasteiger partial charge in [0.15, 0.2) is 0 Å². The Kier molecular flexibility index (Phi) is 6.25. The van der Waals surface area contributed by atoms with Crippen molar-refractivity contribution in [2.75, 3.05) is 7.11 Å². The summed E-state index contributed by atoms with van der Waals surface area (Å²) in [5, 5.41) is 1.45. The van der Waals surface area contributed by atoms with Crippen LogP contribution < -0.4 is 9.47 Å². The number of carbonyl (C=O) groups is 1. The van der Waals surface area contributed by atoms with Crippen molar-refractivity contribution >= 4 is 28.8 Å². The molecule has 5 nitrogen and oxygen atoms in total. The molecule has 1 aromatic heterocycles. The number of rotatable bonds is 8. The highest BCUT2D eigenvalue weighted by molar-refractivity contribution is 7.13. The van der Waals surface area contributed by atoms with Crippen LogP contribution in [-0.2, 0) is 13.2 Å². The number of benzene rings is 2. The van der Waals surface area contributed by atoms with Crippen LogP contribution in [-0.4, -0.2) is 28.9 Å². The summed E-state index contributed by atoms with van der Waals surface area (Å²) in [7, 11) is 1.65. The van der Waals surface area contributed by atoms with Crippen molar-refractivity contribution in [1.82, 2.24) is 9.88 Å². The second kappa shape index (κ2) is 9.06. The number of aryl methyl sites for hydroxylation is 1. The number of methoxy groups -OCH3 is 1. The molecule has 1 fully saturated rings. The quantitative estimate of drug-likeness (QED) is 0.462. The topological polar surface area (TPSA) is 51.7 Å². The molecule has 0 unspecified atom stereocenters. The third kappa shape index (κ3) is 4.94. The third-order valence-electron chi connectivity index (χ3n) is 4.97. The van der Waals surface area contributed by atoms with Crippen LogP contribution in [0, 0.1) is 6.92 Å². The molecule has 0 N–H and O–H groups in total. The van der Waals surface area contributed by atoms with Gasteiger partial charge in [0.25, 0.3) is 5.91 Å². The van der Waals surface area contributed by atoms with Crippen molar-refractivity contribution < 1.29 is 14.3 Å². The molecule has 1 aliphatic rings. The second-order valence-corrected chi connectivity index (χ2v) is 8.80. The molecular weight excluding hydrogens is 420 g/mol. The van der Waals surface area contributed by atoms with Gasteiger partial charge in [-0.3, -0.25) is 4.79 Å². The first-order valence-electron chi connectivity index (χ1n) is 9.82. The second-order valence-electron chi connectivity index (χ2n) is 7.28. The number of halogens is 1. The van der Waals surface area contributed by atoms with Crippen molar-refractivity contribution in [3.05, 3.63) is 74.7 Å². The van der Waals surface area contributed by atoms with Crippen LogP contribution in [0.5, 0.6) is 11.5 Å². The lowest BCUT2D eigenvalue weighted by Crippen LogP contribution is -2.32. The van der Waals surface area contributed by atoms with Gasteiger partial charge in [0.1, 0.15) is 28.0 Å². The smallest absolute Gasteiger partial charge is 0.266 e. The number of nitrogens with zero attached hydrogens (tertiary/aromatic N) is 2. The van der Waals surface area contributed by atoms with E-state index in [1.54, 1.807) is 19.2 Å². The molecule has 0 aliphatic heterocycles. The van der Waals surface area contributed by atoms with E-state index >= 15 is 0 Å². The Bertz CT molecular complexity index is 1010. The summed E-state index contributed by atoms with van der Waals surface area (Å²) in [6.07, 6.45) is 2.10. The van der Waals surface area contributed by atoms with Gasteiger partial charge in [0, 0.05) is 17.6 Å². The predicted octanol–water partition coefficient (Wildman–Crippen LogP) is 5.50. The van der Waals surface area contributed by atoms with E-state index in [1.807, 2.05) is 48.2 Å². The molecule has 1 heterocycles. The van der Waals surface area contributed by atoms with Crippen molar-refractivity contribution in [1.29, 1.82) is 0 Å². The summed E-state index contributed by atoms with van der Waals surface area (Å²) in [5.41, 5.74) is 1.84. The van der Waals surface area contributed by atoms with Crippen LogP contribution in [0.25, 0.3) is 0 Å². The number of hydrogen-bond acceptors (Lipinski definition) is 5. The van der Waals surface area contributed by atoms with Crippen LogP contribution in [0.15, 0.2) is 48.5 Å².